The molecule has 1 aromatic carbocycles. The first-order valence-corrected chi connectivity index (χ1v) is 5.47. The molecule has 0 aliphatic heterocycles. The van der Waals surface area contributed by atoms with Crippen LogP contribution in [0.25, 0.3) is 10.9 Å². The quantitative estimate of drug-likeness (QED) is 0.714. The summed E-state index contributed by atoms with van der Waals surface area (Å²) in [5.41, 5.74) is 1.32. The Labute approximate surface area is 103 Å². The van der Waals surface area contributed by atoms with E-state index in [1.807, 2.05) is 6.07 Å². The zero-order valence-electron chi connectivity index (χ0n) is 9.71. The van der Waals surface area contributed by atoms with Gasteiger partial charge in [-0.05, 0) is 12.1 Å². The highest BCUT2D eigenvalue weighted by Gasteiger charge is 2.09. The number of benzene rings is 1. The minimum atomic E-state index is -0.196. The van der Waals surface area contributed by atoms with Crippen molar-refractivity contribution in [1.29, 1.82) is 0 Å². The second-order valence-corrected chi connectivity index (χ2v) is 3.99. The van der Waals surface area contributed by atoms with Gasteiger partial charge in [0.25, 0.3) is 5.91 Å². The van der Waals surface area contributed by atoms with Crippen molar-refractivity contribution in [2.45, 2.75) is 0 Å². The summed E-state index contributed by atoms with van der Waals surface area (Å²) in [6.45, 7) is 0. The van der Waals surface area contributed by atoms with E-state index in [1.165, 1.54) is 0 Å². The number of carbonyl (C=O) groups excluding carboxylic acids is 1. The zero-order chi connectivity index (χ0) is 12.5. The summed E-state index contributed by atoms with van der Waals surface area (Å²) in [6.07, 6.45) is 3.56. The second-order valence-electron chi connectivity index (χ2n) is 3.99. The van der Waals surface area contributed by atoms with Crippen LogP contribution in [0, 0.1) is 0 Å². The second kappa shape index (κ2) is 3.99. The Morgan fingerprint density at radius 2 is 2.28 bits per heavy atom. The van der Waals surface area contributed by atoms with Crippen molar-refractivity contribution in [3.8, 4) is 0 Å². The van der Waals surface area contributed by atoms with E-state index in [4.69, 9.17) is 0 Å². The van der Waals surface area contributed by atoms with Crippen LogP contribution in [-0.2, 0) is 7.05 Å². The number of H-pyrrole nitrogens is 1. The molecule has 0 aliphatic carbocycles. The largest absolute Gasteiger partial charge is 0.305 e. The highest BCUT2D eigenvalue weighted by molar-refractivity contribution is 6.05. The first-order chi connectivity index (χ1) is 8.72. The molecule has 6 heteroatoms. The third-order valence-corrected chi connectivity index (χ3v) is 2.65. The molecule has 0 atom stereocenters. The third kappa shape index (κ3) is 1.84. The molecule has 3 aromatic rings. The van der Waals surface area contributed by atoms with Gasteiger partial charge in [-0.25, -0.2) is 0 Å². The smallest absolute Gasteiger partial charge is 0.256 e. The summed E-state index contributed by atoms with van der Waals surface area (Å²) >= 11 is 0. The molecule has 2 N–H and O–H groups in total. The minimum absolute atomic E-state index is 0.196. The SMILES string of the molecule is Cn1ccc(NC(=O)c2ccc3c[nH]nc3c2)n1. The molecule has 0 unspecified atom stereocenters. The molecular weight excluding hydrogens is 230 g/mol. The molecular formula is C12H11N5O. The lowest BCUT2D eigenvalue weighted by Gasteiger charge is -2.01. The van der Waals surface area contributed by atoms with E-state index in [9.17, 15) is 4.79 Å². The predicted octanol–water partition coefficient (Wildman–Crippen LogP) is 1.55. The van der Waals surface area contributed by atoms with Gasteiger partial charge in [0, 0.05) is 36.5 Å². The average Bonchev–Trinajstić information content (AvgIpc) is 2.96. The van der Waals surface area contributed by atoms with Crippen molar-refractivity contribution in [2.24, 2.45) is 7.05 Å². The number of aryl methyl sites for hydroxylation is 1. The van der Waals surface area contributed by atoms with E-state index in [1.54, 1.807) is 42.3 Å². The van der Waals surface area contributed by atoms with Gasteiger partial charge in [0.05, 0.1) is 5.52 Å². The normalized spacial score (nSPS) is 10.7. The molecule has 1 amide bonds. The molecule has 3 rings (SSSR count). The number of hydrogen-bond acceptors (Lipinski definition) is 3. The Morgan fingerprint density at radius 1 is 1.39 bits per heavy atom. The fourth-order valence-corrected chi connectivity index (χ4v) is 1.75. The lowest BCUT2D eigenvalue weighted by atomic mass is 10.1. The third-order valence-electron chi connectivity index (χ3n) is 2.65. The van der Waals surface area contributed by atoms with Gasteiger partial charge in [-0.1, -0.05) is 6.07 Å². The van der Waals surface area contributed by atoms with E-state index >= 15 is 0 Å². The van der Waals surface area contributed by atoms with Crippen LogP contribution in [0.5, 0.6) is 0 Å². The van der Waals surface area contributed by atoms with E-state index in [-0.39, 0.29) is 5.91 Å². The number of carbonyl (C=O) groups is 1. The van der Waals surface area contributed by atoms with Gasteiger partial charge in [0.2, 0.25) is 0 Å². The standard InChI is InChI=1S/C12H11N5O/c1-17-5-4-11(16-17)14-12(18)8-2-3-9-7-13-15-10(9)6-8/h2-7H,1H3,(H,13,15)(H,14,16,18). The Bertz CT molecular complexity index is 712. The van der Waals surface area contributed by atoms with Crippen molar-refractivity contribution in [3.63, 3.8) is 0 Å². The van der Waals surface area contributed by atoms with E-state index in [0.717, 1.165) is 10.9 Å². The number of amides is 1. The number of anilines is 1. The maximum absolute atomic E-state index is 12.0. The Morgan fingerprint density at radius 3 is 3.06 bits per heavy atom. The minimum Gasteiger partial charge on any atom is -0.305 e. The molecule has 2 aromatic heterocycles. The number of fused-ring (bicyclic) bond motifs is 1. The number of aromatic amines is 1. The summed E-state index contributed by atoms with van der Waals surface area (Å²) in [7, 11) is 1.80. The topological polar surface area (TPSA) is 75.6 Å². The fraction of sp³-hybridized carbons (Fsp3) is 0.0833. The summed E-state index contributed by atoms with van der Waals surface area (Å²) in [5, 5.41) is 14.6. The molecule has 0 bridgehead atoms. The monoisotopic (exact) mass is 241 g/mol. The molecule has 0 fully saturated rings. The zero-order valence-corrected chi connectivity index (χ0v) is 9.71. The summed E-state index contributed by atoms with van der Waals surface area (Å²) in [5.74, 6) is 0.336. The number of rotatable bonds is 2. The van der Waals surface area contributed by atoms with Crippen LogP contribution in [-0.4, -0.2) is 25.9 Å². The highest BCUT2D eigenvalue weighted by Crippen LogP contribution is 2.14. The van der Waals surface area contributed by atoms with Crippen molar-refractivity contribution in [3.05, 3.63) is 42.2 Å². The van der Waals surface area contributed by atoms with Crippen LogP contribution in [0.2, 0.25) is 0 Å². The lowest BCUT2D eigenvalue weighted by Crippen LogP contribution is -2.12. The maximum atomic E-state index is 12.0. The van der Waals surface area contributed by atoms with Crippen LogP contribution in [0.4, 0.5) is 5.82 Å². The number of aromatic nitrogens is 4. The van der Waals surface area contributed by atoms with Crippen LogP contribution in [0.15, 0.2) is 36.7 Å². The van der Waals surface area contributed by atoms with Gasteiger partial charge in [0.1, 0.15) is 0 Å². The van der Waals surface area contributed by atoms with Gasteiger partial charge in [-0.15, -0.1) is 0 Å². The predicted molar refractivity (Wildman–Crippen MR) is 67.3 cm³/mol. The van der Waals surface area contributed by atoms with Gasteiger partial charge >= 0.3 is 0 Å². The number of nitrogens with zero attached hydrogens (tertiary/aromatic N) is 3. The summed E-state index contributed by atoms with van der Waals surface area (Å²) < 4.78 is 1.63. The average molecular weight is 241 g/mol. The van der Waals surface area contributed by atoms with E-state index in [2.05, 4.69) is 20.6 Å². The Balaban J connectivity index is 1.87. The van der Waals surface area contributed by atoms with Crippen LogP contribution < -0.4 is 5.32 Å². The molecule has 2 heterocycles. The molecule has 6 nitrogen and oxygen atoms in total. The summed E-state index contributed by atoms with van der Waals surface area (Å²) in [4.78, 5) is 12.0. The highest BCUT2D eigenvalue weighted by atomic mass is 16.1. The molecule has 0 radical (unpaired) electrons. The Kier molecular flexibility index (Phi) is 2.33. The van der Waals surface area contributed by atoms with Crippen molar-refractivity contribution >= 4 is 22.6 Å². The fourth-order valence-electron chi connectivity index (χ4n) is 1.75. The van der Waals surface area contributed by atoms with Crippen LogP contribution in [0.1, 0.15) is 10.4 Å². The van der Waals surface area contributed by atoms with E-state index in [0.29, 0.717) is 11.4 Å². The van der Waals surface area contributed by atoms with Gasteiger partial charge in [-0.3, -0.25) is 14.6 Å². The molecule has 90 valence electrons. The summed E-state index contributed by atoms with van der Waals surface area (Å²) in [6, 6.07) is 7.09. The lowest BCUT2D eigenvalue weighted by molar-refractivity contribution is 0.102. The van der Waals surface area contributed by atoms with Crippen LogP contribution in [0.3, 0.4) is 0 Å². The molecule has 0 saturated carbocycles. The Hall–Kier alpha value is -2.63. The molecule has 0 saturated heterocycles. The first-order valence-electron chi connectivity index (χ1n) is 5.47. The molecule has 0 aliphatic rings. The van der Waals surface area contributed by atoms with Gasteiger partial charge in [-0.2, -0.15) is 10.2 Å². The first kappa shape index (κ1) is 10.5. The number of hydrogen-bond donors (Lipinski definition) is 2. The van der Waals surface area contributed by atoms with E-state index < -0.39 is 0 Å². The van der Waals surface area contributed by atoms with Crippen LogP contribution >= 0.6 is 0 Å². The van der Waals surface area contributed by atoms with Gasteiger partial charge < -0.3 is 5.32 Å². The molecule has 0 spiro atoms. The van der Waals surface area contributed by atoms with Gasteiger partial charge in [0.15, 0.2) is 5.82 Å². The van der Waals surface area contributed by atoms with Crippen molar-refractivity contribution in [1.82, 2.24) is 20.0 Å². The molecule has 18 heavy (non-hydrogen) atoms. The van der Waals surface area contributed by atoms with Crippen molar-refractivity contribution in [2.75, 3.05) is 5.32 Å². The maximum Gasteiger partial charge on any atom is 0.256 e. The number of nitrogens with one attached hydrogen (secondary N) is 2. The van der Waals surface area contributed by atoms with Crippen molar-refractivity contribution < 1.29 is 4.79 Å².